The smallest absolute Gasteiger partial charge is 0.119 e. The molecule has 0 fully saturated rings. The summed E-state index contributed by atoms with van der Waals surface area (Å²) >= 11 is 0. The Morgan fingerprint density at radius 3 is 2.75 bits per heavy atom. The van der Waals surface area contributed by atoms with E-state index in [9.17, 15) is 0 Å². The van der Waals surface area contributed by atoms with Crippen LogP contribution in [0.4, 0.5) is 0 Å². The highest BCUT2D eigenvalue weighted by Gasteiger charge is 2.09. The molecule has 0 bridgehead atoms. The minimum absolute atomic E-state index is 0.280. The van der Waals surface area contributed by atoms with Crippen molar-refractivity contribution in [3.63, 3.8) is 0 Å². The molecule has 16 heavy (non-hydrogen) atoms. The predicted octanol–water partition coefficient (Wildman–Crippen LogP) is 2.72. The summed E-state index contributed by atoms with van der Waals surface area (Å²) in [5.41, 5.74) is 2.93. The van der Waals surface area contributed by atoms with Gasteiger partial charge in [0, 0.05) is 6.42 Å². The standard InChI is InChI=1S/C14H20O2/c1-11(15)8-9-16-14-7-6-12-4-2-3-5-13(12)10-14/h6-7,10-11,15H,2-5,8-9H2,1H3. The first-order valence-corrected chi connectivity index (χ1v) is 6.18. The number of ether oxygens (including phenoxy) is 1. The summed E-state index contributed by atoms with van der Waals surface area (Å²) in [6, 6.07) is 6.40. The van der Waals surface area contributed by atoms with Gasteiger partial charge < -0.3 is 9.84 Å². The second kappa shape index (κ2) is 5.35. The van der Waals surface area contributed by atoms with Gasteiger partial charge in [0.1, 0.15) is 5.75 Å². The van der Waals surface area contributed by atoms with Crippen molar-refractivity contribution in [2.75, 3.05) is 6.61 Å². The predicted molar refractivity (Wildman–Crippen MR) is 64.9 cm³/mol. The fourth-order valence-electron chi connectivity index (χ4n) is 2.15. The van der Waals surface area contributed by atoms with Gasteiger partial charge in [-0.05, 0) is 55.9 Å². The van der Waals surface area contributed by atoms with Crippen molar-refractivity contribution in [1.82, 2.24) is 0 Å². The van der Waals surface area contributed by atoms with Gasteiger partial charge in [-0.3, -0.25) is 0 Å². The zero-order chi connectivity index (χ0) is 11.4. The molecule has 0 spiro atoms. The van der Waals surface area contributed by atoms with E-state index in [0.29, 0.717) is 13.0 Å². The van der Waals surface area contributed by atoms with E-state index < -0.39 is 0 Å². The number of rotatable bonds is 4. The van der Waals surface area contributed by atoms with E-state index in [-0.39, 0.29) is 6.10 Å². The summed E-state index contributed by atoms with van der Waals surface area (Å²) in [5.74, 6) is 0.946. The molecule has 88 valence electrons. The molecule has 0 heterocycles. The molecule has 1 N–H and O–H groups in total. The molecule has 0 saturated carbocycles. The first-order chi connectivity index (χ1) is 7.75. The van der Waals surface area contributed by atoms with Gasteiger partial charge in [-0.15, -0.1) is 0 Å². The molecule has 0 aromatic heterocycles. The number of aliphatic hydroxyl groups is 1. The molecular weight excluding hydrogens is 200 g/mol. The summed E-state index contributed by atoms with van der Waals surface area (Å²) in [4.78, 5) is 0. The molecule has 0 saturated heterocycles. The van der Waals surface area contributed by atoms with Gasteiger partial charge in [-0.25, -0.2) is 0 Å². The highest BCUT2D eigenvalue weighted by Crippen LogP contribution is 2.25. The van der Waals surface area contributed by atoms with Crippen LogP contribution in [0.15, 0.2) is 18.2 Å². The zero-order valence-electron chi connectivity index (χ0n) is 9.91. The van der Waals surface area contributed by atoms with E-state index in [1.165, 1.54) is 36.8 Å². The SMILES string of the molecule is CC(O)CCOc1ccc2c(c1)CCCC2. The van der Waals surface area contributed by atoms with Gasteiger partial charge in [-0.1, -0.05) is 6.07 Å². The van der Waals surface area contributed by atoms with Gasteiger partial charge in [0.15, 0.2) is 0 Å². The van der Waals surface area contributed by atoms with E-state index >= 15 is 0 Å². The number of aliphatic hydroxyl groups excluding tert-OH is 1. The van der Waals surface area contributed by atoms with Crippen molar-refractivity contribution in [3.05, 3.63) is 29.3 Å². The van der Waals surface area contributed by atoms with Gasteiger partial charge in [-0.2, -0.15) is 0 Å². The van der Waals surface area contributed by atoms with Gasteiger partial charge in [0.25, 0.3) is 0 Å². The molecule has 1 atom stereocenters. The van der Waals surface area contributed by atoms with Crippen LogP contribution in [0.1, 0.15) is 37.3 Å². The first kappa shape index (κ1) is 11.5. The van der Waals surface area contributed by atoms with Crippen molar-refractivity contribution >= 4 is 0 Å². The lowest BCUT2D eigenvalue weighted by Crippen LogP contribution is -2.08. The number of benzene rings is 1. The maximum Gasteiger partial charge on any atom is 0.119 e. The summed E-state index contributed by atoms with van der Waals surface area (Å²) < 4.78 is 5.62. The van der Waals surface area contributed by atoms with Crippen molar-refractivity contribution in [3.8, 4) is 5.75 Å². The van der Waals surface area contributed by atoms with Crippen LogP contribution in [-0.2, 0) is 12.8 Å². The largest absolute Gasteiger partial charge is 0.493 e. The highest BCUT2D eigenvalue weighted by molar-refractivity contribution is 5.37. The molecule has 0 aliphatic heterocycles. The molecular formula is C14H20O2. The fraction of sp³-hybridized carbons (Fsp3) is 0.571. The van der Waals surface area contributed by atoms with Gasteiger partial charge in [0.05, 0.1) is 12.7 Å². The summed E-state index contributed by atoms with van der Waals surface area (Å²) in [6.45, 7) is 2.38. The van der Waals surface area contributed by atoms with E-state index in [1.54, 1.807) is 6.92 Å². The molecule has 1 aliphatic carbocycles. The van der Waals surface area contributed by atoms with Crippen LogP contribution in [0.3, 0.4) is 0 Å². The van der Waals surface area contributed by atoms with Gasteiger partial charge >= 0.3 is 0 Å². The zero-order valence-corrected chi connectivity index (χ0v) is 9.91. The molecule has 1 aromatic rings. The quantitative estimate of drug-likeness (QED) is 0.845. The third-order valence-electron chi connectivity index (χ3n) is 3.12. The number of hydrogen-bond acceptors (Lipinski definition) is 2. The van der Waals surface area contributed by atoms with Crippen molar-refractivity contribution in [1.29, 1.82) is 0 Å². The normalized spacial score (nSPS) is 16.6. The van der Waals surface area contributed by atoms with E-state index in [1.807, 2.05) is 6.07 Å². The molecule has 2 rings (SSSR count). The number of fused-ring (bicyclic) bond motifs is 1. The Balaban J connectivity index is 1.95. The summed E-state index contributed by atoms with van der Waals surface area (Å²) in [7, 11) is 0. The monoisotopic (exact) mass is 220 g/mol. The maximum absolute atomic E-state index is 9.14. The van der Waals surface area contributed by atoms with Crippen LogP contribution in [0.25, 0.3) is 0 Å². The number of aryl methyl sites for hydroxylation is 2. The van der Waals surface area contributed by atoms with Crippen LogP contribution in [0.2, 0.25) is 0 Å². The van der Waals surface area contributed by atoms with Crippen LogP contribution in [0, 0.1) is 0 Å². The Morgan fingerprint density at radius 2 is 2.00 bits per heavy atom. The number of hydrogen-bond donors (Lipinski definition) is 1. The van der Waals surface area contributed by atoms with Crippen molar-refractivity contribution in [2.24, 2.45) is 0 Å². The van der Waals surface area contributed by atoms with Crippen LogP contribution in [0.5, 0.6) is 5.75 Å². The topological polar surface area (TPSA) is 29.5 Å². The lowest BCUT2D eigenvalue weighted by atomic mass is 9.92. The third kappa shape index (κ3) is 2.99. The molecule has 1 aromatic carbocycles. The minimum Gasteiger partial charge on any atom is -0.493 e. The molecule has 1 aliphatic rings. The molecule has 2 nitrogen and oxygen atoms in total. The minimum atomic E-state index is -0.280. The maximum atomic E-state index is 9.14. The average molecular weight is 220 g/mol. The Kier molecular flexibility index (Phi) is 3.83. The molecule has 1 unspecified atom stereocenters. The van der Waals surface area contributed by atoms with Crippen LogP contribution in [-0.4, -0.2) is 17.8 Å². The fourth-order valence-corrected chi connectivity index (χ4v) is 2.15. The first-order valence-electron chi connectivity index (χ1n) is 6.18. The second-order valence-electron chi connectivity index (χ2n) is 4.62. The van der Waals surface area contributed by atoms with E-state index in [4.69, 9.17) is 9.84 Å². The highest BCUT2D eigenvalue weighted by atomic mass is 16.5. The lowest BCUT2D eigenvalue weighted by Gasteiger charge is -2.17. The van der Waals surface area contributed by atoms with Crippen molar-refractivity contribution in [2.45, 2.75) is 45.1 Å². The Bertz CT molecular complexity index is 345. The van der Waals surface area contributed by atoms with Crippen LogP contribution < -0.4 is 4.74 Å². The Morgan fingerprint density at radius 1 is 1.25 bits per heavy atom. The lowest BCUT2D eigenvalue weighted by molar-refractivity contribution is 0.155. The van der Waals surface area contributed by atoms with Crippen molar-refractivity contribution < 1.29 is 9.84 Å². The summed E-state index contributed by atoms with van der Waals surface area (Å²) in [5, 5.41) is 9.14. The molecule has 0 amide bonds. The molecule has 0 radical (unpaired) electrons. The van der Waals surface area contributed by atoms with E-state index in [2.05, 4.69) is 12.1 Å². The average Bonchev–Trinajstić information content (AvgIpc) is 2.28. The van der Waals surface area contributed by atoms with E-state index in [0.717, 1.165) is 5.75 Å². The third-order valence-corrected chi connectivity index (χ3v) is 3.12. The second-order valence-corrected chi connectivity index (χ2v) is 4.62. The van der Waals surface area contributed by atoms with Gasteiger partial charge in [0.2, 0.25) is 0 Å². The van der Waals surface area contributed by atoms with Crippen LogP contribution >= 0.6 is 0 Å². The Hall–Kier alpha value is -1.02. The Labute approximate surface area is 97.3 Å². The summed E-state index contributed by atoms with van der Waals surface area (Å²) in [6.07, 6.45) is 5.42. The molecule has 2 heteroatoms.